The summed E-state index contributed by atoms with van der Waals surface area (Å²) in [6.45, 7) is 1.84. The van der Waals surface area contributed by atoms with Crippen LogP contribution in [-0.4, -0.2) is 148 Å². The minimum atomic E-state index is -1.88. The number of guanidine groups is 1. The van der Waals surface area contributed by atoms with Crippen molar-refractivity contribution in [1.82, 2.24) is 46.5 Å². The SMILES string of the molecule is CCSSC[C@H](NC(=O)[C@H](CC(=O)O)NC(=O)[C@H](CCCN=C(N)N)NC(=O)[C@H](CC(=O)O)NC(=O)CC[C@H](NC(=O)c1ccc(NCc2cnc3nc(N)[nH]c(=O)c3n2)cc1)C(=O)O)C(=O)O. The Morgan fingerprint density at radius 2 is 1.34 bits per heavy atom. The highest BCUT2D eigenvalue weighted by molar-refractivity contribution is 8.76. The lowest BCUT2D eigenvalue weighted by atomic mass is 10.1. The first-order chi connectivity index (χ1) is 32.2. The fourth-order valence-electron chi connectivity index (χ4n) is 5.76. The van der Waals surface area contributed by atoms with Gasteiger partial charge in [0.1, 0.15) is 30.2 Å². The summed E-state index contributed by atoms with van der Waals surface area (Å²) in [6, 6.07) is -2.73. The molecule has 0 aliphatic heterocycles. The van der Waals surface area contributed by atoms with Gasteiger partial charge in [0, 0.05) is 35.7 Å². The van der Waals surface area contributed by atoms with Gasteiger partial charge in [0.25, 0.3) is 11.5 Å². The van der Waals surface area contributed by atoms with Crippen LogP contribution in [0, 0.1) is 0 Å². The van der Waals surface area contributed by atoms with E-state index in [1.807, 2.05) is 6.92 Å². The molecule has 0 aliphatic carbocycles. The lowest BCUT2D eigenvalue weighted by Crippen LogP contribution is -2.58. The van der Waals surface area contributed by atoms with Crippen molar-refractivity contribution in [3.8, 4) is 0 Å². The number of carbonyl (C=O) groups excluding carboxylic acids is 5. The first kappa shape index (κ1) is 54.6. The largest absolute Gasteiger partial charge is 0.481 e. The molecule has 2 heterocycles. The van der Waals surface area contributed by atoms with Gasteiger partial charge in [-0.25, -0.2) is 19.6 Å². The Balaban J connectivity index is 1.67. The first-order valence-corrected chi connectivity index (χ1v) is 22.7. The Morgan fingerprint density at radius 1 is 0.750 bits per heavy atom. The maximum absolute atomic E-state index is 13.6. The monoisotopic (exact) mass is 990 g/mol. The maximum Gasteiger partial charge on any atom is 0.327 e. The standard InChI is InChI=1S/C38H50N14O14S2/c1-2-67-68-16-24(36(65)66)50-33(61)23(13-27(56)57)49-31(59)20(4-3-11-42-37(39)40)47-32(60)22(12-26(54)55)46-25(53)10-9-21(35(63)64)48-30(58)17-5-7-18(8-6-17)43-14-19-15-44-29-28(45-19)34(62)52-38(41)51-29/h5-8,15,20-24,43H,2-4,9-14,16H2,1H3,(H,46,53)(H,47,60)(H,48,58)(H,49,59)(H,50,61)(H,54,55)(H,56,57)(H,63,64)(H,65,66)(H4,39,40,42)(H3,41,44,51,52,62)/t20-,21-,22-,23-,24-/m0/s1. The molecule has 3 rings (SSSR count). The smallest absolute Gasteiger partial charge is 0.327 e. The number of carbonyl (C=O) groups is 9. The number of aromatic nitrogens is 4. The van der Waals surface area contributed by atoms with E-state index in [-0.39, 0.29) is 60.3 Å². The number of carboxylic acid groups (broad SMARTS) is 4. The van der Waals surface area contributed by atoms with Gasteiger partial charge in [-0.15, -0.1) is 0 Å². The van der Waals surface area contributed by atoms with Crippen molar-refractivity contribution in [2.75, 3.05) is 29.1 Å². The van der Waals surface area contributed by atoms with E-state index in [4.69, 9.17) is 17.2 Å². The first-order valence-electron chi connectivity index (χ1n) is 20.2. The van der Waals surface area contributed by atoms with Crippen LogP contribution in [0.4, 0.5) is 11.6 Å². The van der Waals surface area contributed by atoms with Crippen LogP contribution < -0.4 is 54.7 Å². The Kier molecular flexibility index (Phi) is 21.7. The van der Waals surface area contributed by atoms with Crippen LogP contribution in [0.25, 0.3) is 11.2 Å². The van der Waals surface area contributed by atoms with E-state index in [0.29, 0.717) is 17.1 Å². The van der Waals surface area contributed by atoms with Crippen molar-refractivity contribution in [3.05, 3.63) is 52.1 Å². The average molecular weight is 991 g/mol. The molecule has 5 amide bonds. The highest BCUT2D eigenvalue weighted by Crippen LogP contribution is 2.21. The van der Waals surface area contributed by atoms with E-state index in [0.717, 1.165) is 10.8 Å². The summed E-state index contributed by atoms with van der Waals surface area (Å²) in [7, 11) is 2.44. The number of H-pyrrole nitrogens is 1. The lowest BCUT2D eigenvalue weighted by molar-refractivity contribution is -0.143. The molecule has 5 atom stereocenters. The normalized spacial score (nSPS) is 13.0. The fourth-order valence-corrected chi connectivity index (χ4v) is 7.58. The molecule has 0 radical (unpaired) electrons. The maximum atomic E-state index is 13.6. The van der Waals surface area contributed by atoms with Crippen LogP contribution in [0.15, 0.2) is 40.2 Å². The third kappa shape index (κ3) is 18.6. The van der Waals surface area contributed by atoms with Crippen molar-refractivity contribution >= 4 is 104 Å². The number of nitrogens with one attached hydrogen (secondary N) is 7. The van der Waals surface area contributed by atoms with Crippen LogP contribution in [0.1, 0.15) is 61.5 Å². The summed E-state index contributed by atoms with van der Waals surface area (Å²) in [6.07, 6.45) is -2.16. The van der Waals surface area contributed by atoms with Gasteiger partial charge in [0.2, 0.25) is 29.6 Å². The second kappa shape index (κ2) is 27.0. The lowest BCUT2D eigenvalue weighted by Gasteiger charge is -2.25. The number of anilines is 2. The number of aliphatic carboxylic acids is 4. The quantitative estimate of drug-likeness (QED) is 0.0146. The zero-order chi connectivity index (χ0) is 50.5. The molecule has 28 nitrogen and oxygen atoms in total. The summed E-state index contributed by atoms with van der Waals surface area (Å²) in [5, 5.41) is 52.6. The molecule has 0 aliphatic rings. The topological polar surface area (TPSA) is 469 Å². The second-order valence-corrected chi connectivity index (χ2v) is 17.1. The molecule has 0 bridgehead atoms. The number of nitrogens with two attached hydrogens (primary N) is 3. The predicted octanol–water partition coefficient (Wildman–Crippen LogP) is -2.70. The van der Waals surface area contributed by atoms with Crippen LogP contribution >= 0.6 is 21.6 Å². The molecule has 68 heavy (non-hydrogen) atoms. The van der Waals surface area contributed by atoms with Crippen molar-refractivity contribution in [2.45, 2.75) is 82.2 Å². The van der Waals surface area contributed by atoms with Crippen molar-refractivity contribution < 1.29 is 63.6 Å². The number of nitrogen functional groups attached to an aromatic ring is 1. The number of aliphatic imine (C=N–C) groups is 1. The van der Waals surface area contributed by atoms with Crippen molar-refractivity contribution in [3.63, 3.8) is 0 Å². The number of aromatic amines is 1. The van der Waals surface area contributed by atoms with Gasteiger partial charge in [-0.1, -0.05) is 28.5 Å². The molecule has 368 valence electrons. The number of fused-ring (bicyclic) bond motifs is 1. The predicted molar refractivity (Wildman–Crippen MR) is 245 cm³/mol. The average Bonchev–Trinajstić information content (AvgIpc) is 3.26. The number of rotatable bonds is 29. The van der Waals surface area contributed by atoms with Gasteiger partial charge >= 0.3 is 23.9 Å². The summed E-state index contributed by atoms with van der Waals surface area (Å²) in [5.74, 6) is -11.5. The van der Waals surface area contributed by atoms with E-state index >= 15 is 0 Å². The number of benzene rings is 1. The van der Waals surface area contributed by atoms with Gasteiger partial charge < -0.3 is 69.5 Å². The summed E-state index contributed by atoms with van der Waals surface area (Å²) in [5.41, 5.74) is 16.6. The molecule has 0 fully saturated rings. The zero-order valence-corrected chi connectivity index (χ0v) is 37.7. The van der Waals surface area contributed by atoms with Gasteiger partial charge in [-0.3, -0.25) is 48.3 Å². The van der Waals surface area contributed by atoms with Crippen molar-refractivity contribution in [2.24, 2.45) is 16.5 Å². The van der Waals surface area contributed by atoms with Gasteiger partial charge in [0.15, 0.2) is 17.1 Å². The Labute approximate surface area is 392 Å². The van der Waals surface area contributed by atoms with E-state index in [1.165, 1.54) is 41.3 Å². The molecule has 30 heteroatoms. The highest BCUT2D eigenvalue weighted by atomic mass is 33.1. The van der Waals surface area contributed by atoms with Crippen LogP contribution in [0.5, 0.6) is 0 Å². The molecule has 3 aromatic rings. The second-order valence-electron chi connectivity index (χ2n) is 14.3. The van der Waals surface area contributed by atoms with Crippen LogP contribution in [0.3, 0.4) is 0 Å². The highest BCUT2D eigenvalue weighted by Gasteiger charge is 2.33. The molecular formula is C38H50N14O14S2. The Hall–Kier alpha value is -7.76. The third-order valence-electron chi connectivity index (χ3n) is 9.04. The Morgan fingerprint density at radius 3 is 1.93 bits per heavy atom. The fraction of sp³-hybridized carbons (Fsp3) is 0.421. The number of hydrogen-bond donors (Lipinski definition) is 14. The third-order valence-corrected chi connectivity index (χ3v) is 11.5. The molecule has 0 spiro atoms. The van der Waals surface area contributed by atoms with E-state index < -0.39 is 115 Å². The molecule has 0 saturated carbocycles. The number of hydrogen-bond acceptors (Lipinski definition) is 18. The van der Waals surface area contributed by atoms with E-state index in [2.05, 4.69) is 56.8 Å². The van der Waals surface area contributed by atoms with E-state index in [1.54, 1.807) is 0 Å². The van der Waals surface area contributed by atoms with Gasteiger partial charge in [-0.05, 0) is 43.5 Å². The molecule has 0 saturated heterocycles. The van der Waals surface area contributed by atoms with Crippen molar-refractivity contribution in [1.29, 1.82) is 0 Å². The number of carboxylic acids is 4. The minimum absolute atomic E-state index is 0.0142. The molecule has 17 N–H and O–H groups in total. The van der Waals surface area contributed by atoms with Crippen LogP contribution in [0.2, 0.25) is 0 Å². The van der Waals surface area contributed by atoms with E-state index in [9.17, 15) is 68.4 Å². The van der Waals surface area contributed by atoms with Gasteiger partial charge in [-0.2, -0.15) is 4.98 Å². The minimum Gasteiger partial charge on any atom is -0.481 e. The summed E-state index contributed by atoms with van der Waals surface area (Å²) in [4.78, 5) is 144. The number of nitrogens with zero attached hydrogens (tertiary/aromatic N) is 4. The zero-order valence-electron chi connectivity index (χ0n) is 36.1. The Bertz CT molecular complexity index is 2420. The van der Waals surface area contributed by atoms with Gasteiger partial charge in [0.05, 0.1) is 31.3 Å². The molecule has 1 aromatic carbocycles. The van der Waals surface area contributed by atoms with Crippen LogP contribution in [-0.2, 0) is 44.9 Å². The molecule has 0 unspecified atom stereocenters. The summed E-state index contributed by atoms with van der Waals surface area (Å²) >= 11 is 0. The molecular weight excluding hydrogens is 941 g/mol. The molecule has 2 aromatic heterocycles. The number of amides is 5. The summed E-state index contributed by atoms with van der Waals surface area (Å²) < 4.78 is 0.